The molecule has 0 saturated carbocycles. The van der Waals surface area contributed by atoms with Crippen molar-refractivity contribution in [2.24, 2.45) is 5.73 Å². The average molecular weight is 365 g/mol. The minimum absolute atomic E-state index is 0.0834. The standard InChI is InChI=1S/C20H19N3O2S/c21-19(24)15-12-14-4-1-2-5-16(14)22-18(15)13-7-9-23(10-8-13)20(25)17-6-3-11-26-17/h1-6,11-13H,7-10H2,(H2,21,24). The van der Waals surface area contributed by atoms with Gasteiger partial charge >= 0.3 is 0 Å². The summed E-state index contributed by atoms with van der Waals surface area (Å²) < 4.78 is 0. The minimum atomic E-state index is -0.449. The van der Waals surface area contributed by atoms with Crippen LogP contribution in [0.2, 0.25) is 0 Å². The van der Waals surface area contributed by atoms with Gasteiger partial charge in [-0.25, -0.2) is 0 Å². The van der Waals surface area contributed by atoms with Gasteiger partial charge in [0, 0.05) is 24.4 Å². The van der Waals surface area contributed by atoms with E-state index in [4.69, 9.17) is 10.7 Å². The van der Waals surface area contributed by atoms with Gasteiger partial charge in [0.2, 0.25) is 0 Å². The molecule has 1 saturated heterocycles. The summed E-state index contributed by atoms with van der Waals surface area (Å²) in [5, 5.41) is 2.83. The van der Waals surface area contributed by atoms with E-state index in [1.807, 2.05) is 52.7 Å². The first-order chi connectivity index (χ1) is 12.6. The Morgan fingerprint density at radius 3 is 2.58 bits per heavy atom. The van der Waals surface area contributed by atoms with Crippen molar-refractivity contribution in [3.05, 3.63) is 64.0 Å². The molecule has 6 heteroatoms. The zero-order valence-corrected chi connectivity index (χ0v) is 15.0. The van der Waals surface area contributed by atoms with E-state index < -0.39 is 5.91 Å². The van der Waals surface area contributed by atoms with Crippen LogP contribution in [0.4, 0.5) is 0 Å². The van der Waals surface area contributed by atoms with Gasteiger partial charge < -0.3 is 10.6 Å². The van der Waals surface area contributed by atoms with Crippen molar-refractivity contribution in [1.82, 2.24) is 9.88 Å². The van der Waals surface area contributed by atoms with Crippen LogP contribution in [0, 0.1) is 0 Å². The average Bonchev–Trinajstić information content (AvgIpc) is 3.21. The Balaban J connectivity index is 1.58. The molecule has 2 aromatic heterocycles. The number of thiophene rings is 1. The van der Waals surface area contributed by atoms with E-state index >= 15 is 0 Å². The molecule has 2 N–H and O–H groups in total. The molecule has 0 spiro atoms. The first kappa shape index (κ1) is 16.7. The van der Waals surface area contributed by atoms with Crippen molar-refractivity contribution in [2.45, 2.75) is 18.8 Å². The van der Waals surface area contributed by atoms with Crippen LogP contribution in [0.1, 0.15) is 44.5 Å². The van der Waals surface area contributed by atoms with Gasteiger partial charge in [-0.2, -0.15) is 0 Å². The lowest BCUT2D eigenvalue weighted by Gasteiger charge is -2.32. The van der Waals surface area contributed by atoms with Crippen molar-refractivity contribution in [1.29, 1.82) is 0 Å². The van der Waals surface area contributed by atoms with Crippen LogP contribution >= 0.6 is 11.3 Å². The number of nitrogens with two attached hydrogens (primary N) is 1. The zero-order valence-electron chi connectivity index (χ0n) is 14.2. The van der Waals surface area contributed by atoms with Gasteiger partial charge in [0.05, 0.1) is 21.7 Å². The molecular weight excluding hydrogens is 346 g/mol. The maximum Gasteiger partial charge on any atom is 0.263 e. The van der Waals surface area contributed by atoms with E-state index in [1.54, 1.807) is 0 Å². The van der Waals surface area contributed by atoms with Crippen molar-refractivity contribution in [3.8, 4) is 0 Å². The number of hydrogen-bond acceptors (Lipinski definition) is 4. The lowest BCUT2D eigenvalue weighted by molar-refractivity contribution is 0.0716. The summed E-state index contributed by atoms with van der Waals surface area (Å²) in [5.74, 6) is -0.232. The molecule has 3 heterocycles. The van der Waals surface area contributed by atoms with E-state index in [9.17, 15) is 9.59 Å². The fourth-order valence-corrected chi connectivity index (χ4v) is 4.24. The molecule has 4 rings (SSSR count). The van der Waals surface area contributed by atoms with Gasteiger partial charge in [0.25, 0.3) is 11.8 Å². The van der Waals surface area contributed by atoms with Gasteiger partial charge in [-0.15, -0.1) is 11.3 Å². The highest BCUT2D eigenvalue weighted by atomic mass is 32.1. The van der Waals surface area contributed by atoms with Crippen LogP contribution in [-0.2, 0) is 0 Å². The Morgan fingerprint density at radius 1 is 1.12 bits per heavy atom. The second-order valence-corrected chi connectivity index (χ2v) is 7.47. The number of amides is 2. The molecule has 0 radical (unpaired) electrons. The number of carbonyl (C=O) groups is 2. The van der Waals surface area contributed by atoms with Crippen molar-refractivity contribution >= 4 is 34.1 Å². The lowest BCUT2D eigenvalue weighted by atomic mass is 9.89. The summed E-state index contributed by atoms with van der Waals surface area (Å²) in [5.41, 5.74) is 7.73. The summed E-state index contributed by atoms with van der Waals surface area (Å²) in [7, 11) is 0. The fourth-order valence-electron chi connectivity index (χ4n) is 3.55. The lowest BCUT2D eigenvalue weighted by Crippen LogP contribution is -2.38. The molecule has 0 aliphatic carbocycles. The monoisotopic (exact) mass is 365 g/mol. The highest BCUT2D eigenvalue weighted by molar-refractivity contribution is 7.12. The number of para-hydroxylation sites is 1. The SMILES string of the molecule is NC(=O)c1cc2ccccc2nc1C1CCN(C(=O)c2cccs2)CC1. The number of aromatic nitrogens is 1. The van der Waals surface area contributed by atoms with Gasteiger partial charge in [-0.05, 0) is 36.4 Å². The van der Waals surface area contributed by atoms with Crippen molar-refractivity contribution < 1.29 is 9.59 Å². The summed E-state index contributed by atoms with van der Waals surface area (Å²) in [6, 6.07) is 13.3. The van der Waals surface area contributed by atoms with Crippen LogP contribution < -0.4 is 5.73 Å². The molecule has 0 atom stereocenters. The third-order valence-corrected chi connectivity index (χ3v) is 5.78. The van der Waals surface area contributed by atoms with E-state index in [0.29, 0.717) is 18.7 Å². The zero-order chi connectivity index (χ0) is 18.1. The summed E-state index contributed by atoms with van der Waals surface area (Å²) in [6.45, 7) is 1.32. The number of likely N-dealkylation sites (tertiary alicyclic amines) is 1. The van der Waals surface area contributed by atoms with Gasteiger partial charge in [-0.1, -0.05) is 24.3 Å². The first-order valence-electron chi connectivity index (χ1n) is 8.66. The number of carbonyl (C=O) groups excluding carboxylic acids is 2. The number of piperidine rings is 1. The fraction of sp³-hybridized carbons (Fsp3) is 0.250. The molecule has 3 aromatic rings. The number of fused-ring (bicyclic) bond motifs is 1. The third kappa shape index (κ3) is 3.08. The Hall–Kier alpha value is -2.73. The van der Waals surface area contributed by atoms with Crippen LogP contribution in [0.25, 0.3) is 10.9 Å². The van der Waals surface area contributed by atoms with E-state index in [0.717, 1.165) is 34.3 Å². The van der Waals surface area contributed by atoms with Crippen LogP contribution in [0.5, 0.6) is 0 Å². The van der Waals surface area contributed by atoms with Gasteiger partial charge in [-0.3, -0.25) is 14.6 Å². The first-order valence-corrected chi connectivity index (χ1v) is 9.53. The van der Waals surface area contributed by atoms with Crippen molar-refractivity contribution in [2.75, 3.05) is 13.1 Å². The summed E-state index contributed by atoms with van der Waals surface area (Å²) >= 11 is 1.46. The Morgan fingerprint density at radius 2 is 1.88 bits per heavy atom. The van der Waals surface area contributed by atoms with E-state index in [-0.39, 0.29) is 11.8 Å². The number of benzene rings is 1. The number of rotatable bonds is 3. The molecule has 0 unspecified atom stereocenters. The van der Waals surface area contributed by atoms with Gasteiger partial charge in [0.15, 0.2) is 0 Å². The smallest absolute Gasteiger partial charge is 0.263 e. The largest absolute Gasteiger partial charge is 0.366 e. The van der Waals surface area contributed by atoms with Gasteiger partial charge in [0.1, 0.15) is 0 Å². The predicted octanol–water partition coefficient (Wildman–Crippen LogP) is 3.42. The van der Waals surface area contributed by atoms with Crippen molar-refractivity contribution in [3.63, 3.8) is 0 Å². The molecule has 2 amide bonds. The quantitative estimate of drug-likeness (QED) is 0.773. The number of primary amides is 1. The molecule has 1 aliphatic rings. The summed E-state index contributed by atoms with van der Waals surface area (Å²) in [4.78, 5) is 31.8. The Bertz CT molecular complexity index is 960. The molecule has 5 nitrogen and oxygen atoms in total. The summed E-state index contributed by atoms with van der Waals surface area (Å²) in [6.07, 6.45) is 1.56. The second-order valence-electron chi connectivity index (χ2n) is 6.52. The Labute approximate surface area is 155 Å². The van der Waals surface area contributed by atoms with Crippen LogP contribution in [0.3, 0.4) is 0 Å². The maximum atomic E-state index is 12.5. The Kier molecular flexibility index (Phi) is 4.42. The maximum absolute atomic E-state index is 12.5. The molecule has 26 heavy (non-hydrogen) atoms. The normalized spacial score (nSPS) is 15.3. The molecule has 1 aromatic carbocycles. The molecule has 1 fully saturated rings. The molecule has 132 valence electrons. The predicted molar refractivity (Wildman–Crippen MR) is 102 cm³/mol. The van der Waals surface area contributed by atoms with E-state index in [2.05, 4.69) is 0 Å². The third-order valence-electron chi connectivity index (χ3n) is 4.92. The number of nitrogens with zero attached hydrogens (tertiary/aromatic N) is 2. The number of hydrogen-bond donors (Lipinski definition) is 1. The second kappa shape index (κ2) is 6.88. The molecule has 1 aliphatic heterocycles. The topological polar surface area (TPSA) is 76.3 Å². The highest BCUT2D eigenvalue weighted by Gasteiger charge is 2.28. The minimum Gasteiger partial charge on any atom is -0.366 e. The van der Waals surface area contributed by atoms with Crippen LogP contribution in [0.15, 0.2) is 47.8 Å². The molecular formula is C20H19N3O2S. The van der Waals surface area contributed by atoms with Crippen LogP contribution in [-0.4, -0.2) is 34.8 Å². The number of pyridine rings is 1. The highest BCUT2D eigenvalue weighted by Crippen LogP contribution is 2.31. The van der Waals surface area contributed by atoms with E-state index in [1.165, 1.54) is 11.3 Å². The molecule has 0 bridgehead atoms.